The Balaban J connectivity index is 1.97. The van der Waals surface area contributed by atoms with E-state index in [0.717, 1.165) is 48.6 Å². The quantitative estimate of drug-likeness (QED) is 0.607. The van der Waals surface area contributed by atoms with Gasteiger partial charge in [0.15, 0.2) is 0 Å². The molecule has 5 heteroatoms. The summed E-state index contributed by atoms with van der Waals surface area (Å²) in [4.78, 5) is 0. The van der Waals surface area contributed by atoms with E-state index in [-0.39, 0.29) is 0 Å². The number of benzene rings is 2. The van der Waals surface area contributed by atoms with Crippen molar-refractivity contribution in [3.8, 4) is 16.9 Å². The Hall–Kier alpha value is -1.97. The molecule has 0 fully saturated rings. The molecule has 1 aliphatic rings. The monoisotopic (exact) mass is 371 g/mol. The molecular weight excluding hydrogens is 353 g/mol. The van der Waals surface area contributed by atoms with Crippen LogP contribution in [0.5, 0.6) is 0 Å². The molecule has 3 nitrogen and oxygen atoms in total. The second-order valence-electron chi connectivity index (χ2n) is 6.41. The Morgan fingerprint density at radius 1 is 1.04 bits per heavy atom. The van der Waals surface area contributed by atoms with Gasteiger partial charge in [-0.25, -0.2) is 4.68 Å². The maximum absolute atomic E-state index is 6.47. The standard InChI is InChI=1S/C20H19Cl2N3/c1-13-6-4-7-14(12-13)25-20-15(8-2-3-11-23-20)19(24-25)18-16(21)9-5-10-17(18)22/h4-7,9-10,12,23H,2-3,8,11H2,1H3. The van der Waals surface area contributed by atoms with E-state index in [1.165, 1.54) is 11.1 Å². The summed E-state index contributed by atoms with van der Waals surface area (Å²) in [5.74, 6) is 1.05. The molecule has 1 N–H and O–H groups in total. The number of hydrogen-bond acceptors (Lipinski definition) is 2. The van der Waals surface area contributed by atoms with E-state index in [1.54, 1.807) is 0 Å². The lowest BCUT2D eigenvalue weighted by Crippen LogP contribution is -2.07. The van der Waals surface area contributed by atoms with E-state index in [0.29, 0.717) is 10.0 Å². The molecule has 0 saturated heterocycles. The second kappa shape index (κ2) is 6.74. The van der Waals surface area contributed by atoms with Crippen LogP contribution in [0.4, 0.5) is 5.82 Å². The van der Waals surface area contributed by atoms with Gasteiger partial charge in [-0.3, -0.25) is 0 Å². The fourth-order valence-corrected chi connectivity index (χ4v) is 3.95. The van der Waals surface area contributed by atoms with Crippen LogP contribution < -0.4 is 5.32 Å². The molecule has 4 rings (SSSR count). The van der Waals surface area contributed by atoms with E-state index in [2.05, 4.69) is 36.5 Å². The maximum Gasteiger partial charge on any atom is 0.133 e. The minimum atomic E-state index is 0.633. The van der Waals surface area contributed by atoms with Gasteiger partial charge < -0.3 is 5.32 Å². The van der Waals surface area contributed by atoms with Gasteiger partial charge in [-0.2, -0.15) is 5.10 Å². The molecule has 0 bridgehead atoms. The van der Waals surface area contributed by atoms with Crippen molar-refractivity contribution < 1.29 is 0 Å². The molecule has 128 valence electrons. The van der Waals surface area contributed by atoms with Gasteiger partial charge in [-0.05, 0) is 56.0 Å². The number of rotatable bonds is 2. The normalized spacial score (nSPS) is 13.9. The Kier molecular flexibility index (Phi) is 4.45. The highest BCUT2D eigenvalue weighted by Gasteiger charge is 2.24. The lowest BCUT2D eigenvalue weighted by atomic mass is 10.0. The average Bonchev–Trinajstić information content (AvgIpc) is 2.77. The molecule has 2 aromatic carbocycles. The molecule has 0 saturated carbocycles. The van der Waals surface area contributed by atoms with Crippen LogP contribution in [0.3, 0.4) is 0 Å². The first-order valence-electron chi connectivity index (χ1n) is 8.52. The summed E-state index contributed by atoms with van der Waals surface area (Å²) < 4.78 is 1.99. The molecule has 0 unspecified atom stereocenters. The Labute approximate surface area is 157 Å². The number of nitrogens with zero attached hydrogens (tertiary/aromatic N) is 2. The zero-order chi connectivity index (χ0) is 17.4. The number of halogens is 2. The fourth-order valence-electron chi connectivity index (χ4n) is 3.37. The van der Waals surface area contributed by atoms with Crippen molar-refractivity contribution >= 4 is 29.0 Å². The smallest absolute Gasteiger partial charge is 0.133 e. The molecule has 2 heterocycles. The molecule has 0 radical (unpaired) electrons. The predicted molar refractivity (Wildman–Crippen MR) is 105 cm³/mol. The first-order valence-corrected chi connectivity index (χ1v) is 9.28. The Morgan fingerprint density at radius 3 is 2.56 bits per heavy atom. The van der Waals surface area contributed by atoms with Gasteiger partial charge in [0.1, 0.15) is 11.5 Å². The van der Waals surface area contributed by atoms with Gasteiger partial charge in [-0.1, -0.05) is 41.4 Å². The van der Waals surface area contributed by atoms with E-state index in [4.69, 9.17) is 28.3 Å². The molecule has 0 spiro atoms. The summed E-state index contributed by atoms with van der Waals surface area (Å²) in [6.45, 7) is 3.03. The third-order valence-electron chi connectivity index (χ3n) is 4.58. The molecule has 0 aliphatic carbocycles. The average molecular weight is 372 g/mol. The van der Waals surface area contributed by atoms with Gasteiger partial charge in [-0.15, -0.1) is 0 Å². The van der Waals surface area contributed by atoms with Crippen LogP contribution in [0.2, 0.25) is 10.0 Å². The molecule has 0 atom stereocenters. The molecule has 0 amide bonds. The molecule has 3 aromatic rings. The zero-order valence-electron chi connectivity index (χ0n) is 14.0. The number of fused-ring (bicyclic) bond motifs is 1. The van der Waals surface area contributed by atoms with Crippen molar-refractivity contribution in [3.05, 3.63) is 63.6 Å². The van der Waals surface area contributed by atoms with Crippen LogP contribution in [-0.2, 0) is 6.42 Å². The van der Waals surface area contributed by atoms with Crippen molar-refractivity contribution in [2.24, 2.45) is 0 Å². The second-order valence-corrected chi connectivity index (χ2v) is 7.22. The van der Waals surface area contributed by atoms with Gasteiger partial charge in [0.25, 0.3) is 0 Å². The number of nitrogens with one attached hydrogen (secondary N) is 1. The predicted octanol–water partition coefficient (Wildman–Crippen LogP) is 5.90. The first kappa shape index (κ1) is 16.5. The van der Waals surface area contributed by atoms with Crippen LogP contribution in [0.25, 0.3) is 16.9 Å². The van der Waals surface area contributed by atoms with Gasteiger partial charge in [0, 0.05) is 17.7 Å². The van der Waals surface area contributed by atoms with E-state index in [9.17, 15) is 0 Å². The topological polar surface area (TPSA) is 29.9 Å². The molecular formula is C20H19Cl2N3. The molecule has 1 aliphatic heterocycles. The summed E-state index contributed by atoms with van der Waals surface area (Å²) in [6, 6.07) is 13.9. The SMILES string of the molecule is Cc1cccc(-n2nc(-c3c(Cl)cccc3Cl)c3c2NCCCC3)c1. The molecule has 1 aromatic heterocycles. The summed E-state index contributed by atoms with van der Waals surface area (Å²) in [5, 5.41) is 9.74. The fraction of sp³-hybridized carbons (Fsp3) is 0.250. The van der Waals surface area contributed by atoms with Crippen molar-refractivity contribution in [1.29, 1.82) is 0 Å². The van der Waals surface area contributed by atoms with Crippen LogP contribution in [0.15, 0.2) is 42.5 Å². The largest absolute Gasteiger partial charge is 0.370 e. The van der Waals surface area contributed by atoms with Crippen molar-refractivity contribution in [3.63, 3.8) is 0 Å². The highest BCUT2D eigenvalue weighted by atomic mass is 35.5. The Morgan fingerprint density at radius 2 is 1.80 bits per heavy atom. The van der Waals surface area contributed by atoms with Crippen molar-refractivity contribution in [2.75, 3.05) is 11.9 Å². The van der Waals surface area contributed by atoms with Crippen LogP contribution in [-0.4, -0.2) is 16.3 Å². The van der Waals surface area contributed by atoms with E-state index >= 15 is 0 Å². The minimum absolute atomic E-state index is 0.633. The lowest BCUT2D eigenvalue weighted by molar-refractivity contribution is 0.780. The highest BCUT2D eigenvalue weighted by Crippen LogP contribution is 2.40. The van der Waals surface area contributed by atoms with Crippen LogP contribution >= 0.6 is 23.2 Å². The van der Waals surface area contributed by atoms with Gasteiger partial charge in [0.05, 0.1) is 15.7 Å². The maximum atomic E-state index is 6.47. The van der Waals surface area contributed by atoms with Crippen LogP contribution in [0, 0.1) is 6.92 Å². The van der Waals surface area contributed by atoms with E-state index < -0.39 is 0 Å². The third-order valence-corrected chi connectivity index (χ3v) is 5.21. The zero-order valence-corrected chi connectivity index (χ0v) is 15.5. The molecule has 25 heavy (non-hydrogen) atoms. The number of anilines is 1. The third kappa shape index (κ3) is 3.03. The number of aromatic nitrogens is 2. The summed E-state index contributed by atoms with van der Waals surface area (Å²) in [7, 11) is 0. The first-order chi connectivity index (χ1) is 12.1. The number of hydrogen-bond donors (Lipinski definition) is 1. The van der Waals surface area contributed by atoms with Gasteiger partial charge in [0.2, 0.25) is 0 Å². The van der Waals surface area contributed by atoms with Crippen molar-refractivity contribution in [1.82, 2.24) is 9.78 Å². The summed E-state index contributed by atoms with van der Waals surface area (Å²) >= 11 is 12.9. The van der Waals surface area contributed by atoms with Crippen molar-refractivity contribution in [2.45, 2.75) is 26.2 Å². The van der Waals surface area contributed by atoms with E-state index in [1.807, 2.05) is 22.9 Å². The number of aryl methyl sites for hydroxylation is 1. The lowest BCUT2D eigenvalue weighted by Gasteiger charge is -2.09. The Bertz CT molecular complexity index is 910. The highest BCUT2D eigenvalue weighted by molar-refractivity contribution is 6.39. The van der Waals surface area contributed by atoms with Gasteiger partial charge >= 0.3 is 0 Å². The van der Waals surface area contributed by atoms with Crippen LogP contribution in [0.1, 0.15) is 24.0 Å². The summed E-state index contributed by atoms with van der Waals surface area (Å²) in [5.41, 5.74) is 5.13. The minimum Gasteiger partial charge on any atom is -0.370 e. The summed E-state index contributed by atoms with van der Waals surface area (Å²) in [6.07, 6.45) is 3.22.